The number of halogens is 1. The maximum atomic E-state index is 5.89. The predicted molar refractivity (Wildman–Crippen MR) is 54.5 cm³/mol. The summed E-state index contributed by atoms with van der Waals surface area (Å²) in [5.74, 6) is 0.577. The summed E-state index contributed by atoms with van der Waals surface area (Å²) in [7, 11) is 1.57. The van der Waals surface area contributed by atoms with Gasteiger partial charge in [-0.15, -0.1) is 0 Å². The van der Waals surface area contributed by atoms with Crippen molar-refractivity contribution >= 4 is 17.2 Å². The Morgan fingerprint density at radius 3 is 3.07 bits per heavy atom. The standard InChI is InChI=1S/C10H10ClNO2/c1-6-4-14-5-8-7(6)3-9(13-2)10(11)12-8/h3H,1,4-5H2,2H3. The molecule has 0 amide bonds. The van der Waals surface area contributed by atoms with Gasteiger partial charge in [-0.1, -0.05) is 18.2 Å². The summed E-state index contributed by atoms with van der Waals surface area (Å²) in [6.45, 7) is 4.92. The molecule has 0 saturated carbocycles. The van der Waals surface area contributed by atoms with Crippen molar-refractivity contribution < 1.29 is 9.47 Å². The normalized spacial score (nSPS) is 15.1. The van der Waals surface area contributed by atoms with Crippen LogP contribution in [0.2, 0.25) is 5.15 Å². The SMILES string of the molecule is C=C1COCc2nc(Cl)c(OC)cc21. The number of aromatic nitrogens is 1. The molecule has 3 nitrogen and oxygen atoms in total. The van der Waals surface area contributed by atoms with E-state index in [9.17, 15) is 0 Å². The highest BCUT2D eigenvalue weighted by molar-refractivity contribution is 6.30. The van der Waals surface area contributed by atoms with E-state index in [0.29, 0.717) is 24.1 Å². The lowest BCUT2D eigenvalue weighted by Gasteiger charge is -2.18. The Labute approximate surface area is 87.3 Å². The van der Waals surface area contributed by atoms with Crippen molar-refractivity contribution in [2.24, 2.45) is 0 Å². The first kappa shape index (κ1) is 9.49. The molecule has 0 N–H and O–H groups in total. The zero-order chi connectivity index (χ0) is 10.1. The Morgan fingerprint density at radius 1 is 1.57 bits per heavy atom. The van der Waals surface area contributed by atoms with Crippen molar-refractivity contribution in [1.82, 2.24) is 4.98 Å². The summed E-state index contributed by atoms with van der Waals surface area (Å²) in [6.07, 6.45) is 0. The molecule has 0 aromatic carbocycles. The maximum Gasteiger partial charge on any atom is 0.171 e. The van der Waals surface area contributed by atoms with Crippen LogP contribution in [0, 0.1) is 0 Å². The molecule has 0 atom stereocenters. The van der Waals surface area contributed by atoms with Gasteiger partial charge in [-0.25, -0.2) is 4.98 Å². The minimum atomic E-state index is 0.365. The summed E-state index contributed by atoms with van der Waals surface area (Å²) < 4.78 is 10.4. The summed E-state index contributed by atoms with van der Waals surface area (Å²) in [5, 5.41) is 0.365. The third-order valence-electron chi connectivity index (χ3n) is 2.14. The molecule has 0 unspecified atom stereocenters. The average Bonchev–Trinajstić information content (AvgIpc) is 2.17. The molecule has 0 bridgehead atoms. The minimum Gasteiger partial charge on any atom is -0.494 e. The maximum absolute atomic E-state index is 5.89. The molecule has 74 valence electrons. The highest BCUT2D eigenvalue weighted by Gasteiger charge is 2.17. The van der Waals surface area contributed by atoms with Gasteiger partial charge in [0.15, 0.2) is 10.9 Å². The van der Waals surface area contributed by atoms with Gasteiger partial charge >= 0.3 is 0 Å². The zero-order valence-electron chi connectivity index (χ0n) is 7.84. The number of pyridine rings is 1. The van der Waals surface area contributed by atoms with Crippen molar-refractivity contribution in [1.29, 1.82) is 0 Å². The number of nitrogens with zero attached hydrogens (tertiary/aromatic N) is 1. The van der Waals surface area contributed by atoms with Crippen LogP contribution < -0.4 is 4.74 Å². The van der Waals surface area contributed by atoms with E-state index in [-0.39, 0.29) is 0 Å². The van der Waals surface area contributed by atoms with Crippen LogP contribution in [0.3, 0.4) is 0 Å². The second-order valence-corrected chi connectivity index (χ2v) is 3.43. The van der Waals surface area contributed by atoms with Crippen LogP contribution in [0.15, 0.2) is 12.6 Å². The van der Waals surface area contributed by atoms with E-state index < -0.39 is 0 Å². The molecule has 1 aromatic heterocycles. The largest absolute Gasteiger partial charge is 0.494 e. The van der Waals surface area contributed by atoms with Gasteiger partial charge in [0.1, 0.15) is 0 Å². The van der Waals surface area contributed by atoms with Gasteiger partial charge in [0.2, 0.25) is 0 Å². The molecule has 1 aliphatic rings. The number of hydrogen-bond donors (Lipinski definition) is 0. The Balaban J connectivity index is 2.54. The van der Waals surface area contributed by atoms with Crippen LogP contribution in [0.1, 0.15) is 11.3 Å². The third-order valence-corrected chi connectivity index (χ3v) is 2.41. The lowest BCUT2D eigenvalue weighted by molar-refractivity contribution is 0.143. The van der Waals surface area contributed by atoms with Crippen molar-refractivity contribution in [2.75, 3.05) is 13.7 Å². The summed E-state index contributed by atoms with van der Waals surface area (Å²) >= 11 is 5.89. The highest BCUT2D eigenvalue weighted by atomic mass is 35.5. The van der Waals surface area contributed by atoms with Crippen LogP contribution in [0.4, 0.5) is 0 Å². The van der Waals surface area contributed by atoms with Crippen molar-refractivity contribution in [3.05, 3.63) is 29.1 Å². The number of hydrogen-bond acceptors (Lipinski definition) is 3. The Hall–Kier alpha value is -1.06. The van der Waals surface area contributed by atoms with Crippen LogP contribution >= 0.6 is 11.6 Å². The molecule has 2 heterocycles. The van der Waals surface area contributed by atoms with Gasteiger partial charge in [0.25, 0.3) is 0 Å². The Bertz CT molecular complexity index is 390. The molecule has 1 aliphatic heterocycles. The van der Waals surface area contributed by atoms with Crippen LogP contribution in [-0.2, 0) is 11.3 Å². The van der Waals surface area contributed by atoms with Gasteiger partial charge in [-0.3, -0.25) is 0 Å². The lowest BCUT2D eigenvalue weighted by Crippen LogP contribution is -2.10. The van der Waals surface area contributed by atoms with Crippen molar-refractivity contribution in [3.8, 4) is 5.75 Å². The molecule has 0 aliphatic carbocycles. The molecule has 2 rings (SSSR count). The number of methoxy groups -OCH3 is 1. The highest BCUT2D eigenvalue weighted by Crippen LogP contribution is 2.31. The minimum absolute atomic E-state index is 0.365. The molecule has 0 saturated heterocycles. The van der Waals surface area contributed by atoms with E-state index in [0.717, 1.165) is 16.8 Å². The summed E-state index contributed by atoms with van der Waals surface area (Å²) in [5.41, 5.74) is 2.72. The van der Waals surface area contributed by atoms with E-state index in [1.165, 1.54) is 0 Å². The first-order valence-electron chi connectivity index (χ1n) is 4.21. The fourth-order valence-electron chi connectivity index (χ4n) is 1.42. The smallest absolute Gasteiger partial charge is 0.171 e. The van der Waals surface area contributed by atoms with Gasteiger partial charge in [-0.05, 0) is 11.6 Å². The fourth-order valence-corrected chi connectivity index (χ4v) is 1.65. The zero-order valence-corrected chi connectivity index (χ0v) is 8.60. The second kappa shape index (κ2) is 3.59. The average molecular weight is 212 g/mol. The van der Waals surface area contributed by atoms with Gasteiger partial charge in [0, 0.05) is 5.56 Å². The molecule has 0 radical (unpaired) electrons. The number of rotatable bonds is 1. The molecular formula is C10H10ClNO2. The quantitative estimate of drug-likeness (QED) is 0.668. The fraction of sp³-hybridized carbons (Fsp3) is 0.300. The number of fused-ring (bicyclic) bond motifs is 1. The third kappa shape index (κ3) is 1.49. The van der Waals surface area contributed by atoms with Gasteiger partial charge < -0.3 is 9.47 Å². The van der Waals surface area contributed by atoms with E-state index >= 15 is 0 Å². The van der Waals surface area contributed by atoms with E-state index in [1.807, 2.05) is 6.07 Å². The predicted octanol–water partition coefficient (Wildman–Crippen LogP) is 2.29. The first-order valence-corrected chi connectivity index (χ1v) is 4.59. The van der Waals surface area contributed by atoms with E-state index in [2.05, 4.69) is 11.6 Å². The molecule has 14 heavy (non-hydrogen) atoms. The van der Waals surface area contributed by atoms with E-state index in [4.69, 9.17) is 21.1 Å². The summed E-state index contributed by atoms with van der Waals surface area (Å²) in [6, 6.07) is 1.86. The molecule has 0 fully saturated rings. The van der Waals surface area contributed by atoms with Gasteiger partial charge in [-0.2, -0.15) is 0 Å². The molecular weight excluding hydrogens is 202 g/mol. The van der Waals surface area contributed by atoms with Crippen molar-refractivity contribution in [2.45, 2.75) is 6.61 Å². The lowest BCUT2D eigenvalue weighted by atomic mass is 10.0. The molecule has 0 spiro atoms. The Kier molecular flexibility index (Phi) is 2.44. The van der Waals surface area contributed by atoms with Gasteiger partial charge in [0.05, 0.1) is 26.0 Å². The molecule has 1 aromatic rings. The second-order valence-electron chi connectivity index (χ2n) is 3.07. The van der Waals surface area contributed by atoms with E-state index in [1.54, 1.807) is 7.11 Å². The molecule has 4 heteroatoms. The van der Waals surface area contributed by atoms with Crippen LogP contribution in [-0.4, -0.2) is 18.7 Å². The van der Waals surface area contributed by atoms with Crippen LogP contribution in [0.5, 0.6) is 5.75 Å². The topological polar surface area (TPSA) is 31.4 Å². The van der Waals surface area contributed by atoms with Crippen LogP contribution in [0.25, 0.3) is 5.57 Å². The first-order chi connectivity index (χ1) is 6.72. The Morgan fingerprint density at radius 2 is 2.36 bits per heavy atom. The number of ether oxygens (including phenoxy) is 2. The van der Waals surface area contributed by atoms with Crippen molar-refractivity contribution in [3.63, 3.8) is 0 Å². The summed E-state index contributed by atoms with van der Waals surface area (Å²) in [4.78, 5) is 4.19. The monoisotopic (exact) mass is 211 g/mol.